The second kappa shape index (κ2) is 4.20. The van der Waals surface area contributed by atoms with Gasteiger partial charge in [-0.25, -0.2) is 9.87 Å². The Morgan fingerprint density at radius 3 is 2.77 bits per heavy atom. The van der Waals surface area contributed by atoms with Gasteiger partial charge in [-0.05, 0) is 30.2 Å². The summed E-state index contributed by atoms with van der Waals surface area (Å²) in [4.78, 5) is 0. The third-order valence-corrected chi connectivity index (χ3v) is 1.88. The summed E-state index contributed by atoms with van der Waals surface area (Å²) in [6.45, 7) is 2.05. The van der Waals surface area contributed by atoms with Gasteiger partial charge >= 0.3 is 0 Å². The molecule has 0 fully saturated rings. The maximum Gasteiger partial charge on any atom is 0.165 e. The molecule has 0 aromatic heterocycles. The topological polar surface area (TPSA) is 41.5 Å². The van der Waals surface area contributed by atoms with Crippen LogP contribution in [0.25, 0.3) is 0 Å². The van der Waals surface area contributed by atoms with E-state index >= 15 is 0 Å². The lowest BCUT2D eigenvalue weighted by molar-refractivity contribution is 0.161. The summed E-state index contributed by atoms with van der Waals surface area (Å²) in [7, 11) is 1.41. The molecule has 1 aromatic rings. The van der Waals surface area contributed by atoms with E-state index in [4.69, 9.17) is 9.94 Å². The minimum atomic E-state index is -0.387. The molecule has 0 bridgehead atoms. The quantitative estimate of drug-likeness (QED) is 0.703. The second-order valence-electron chi connectivity index (χ2n) is 2.75. The lowest BCUT2D eigenvalue weighted by Crippen LogP contribution is -2.08. The highest BCUT2D eigenvalue weighted by molar-refractivity contribution is 5.36. The summed E-state index contributed by atoms with van der Waals surface area (Å²) < 4.78 is 17.9. The van der Waals surface area contributed by atoms with E-state index in [0.29, 0.717) is 0 Å². The van der Waals surface area contributed by atoms with Crippen molar-refractivity contribution < 1.29 is 14.3 Å². The maximum atomic E-state index is 13.1. The maximum absolute atomic E-state index is 13.1. The molecule has 3 nitrogen and oxygen atoms in total. The van der Waals surface area contributed by atoms with Crippen LogP contribution in [0.4, 0.5) is 4.39 Å². The zero-order valence-corrected chi connectivity index (χ0v) is 7.60. The first-order valence-electron chi connectivity index (χ1n) is 3.89. The summed E-state index contributed by atoms with van der Waals surface area (Å²) in [6.07, 6.45) is 0. The van der Waals surface area contributed by atoms with Crippen LogP contribution in [-0.4, -0.2) is 12.3 Å². The van der Waals surface area contributed by atoms with E-state index in [1.165, 1.54) is 13.2 Å². The number of benzene rings is 1. The third kappa shape index (κ3) is 2.17. The predicted molar refractivity (Wildman–Crippen MR) is 46.3 cm³/mol. The number of rotatable bonds is 3. The van der Waals surface area contributed by atoms with Gasteiger partial charge in [0.2, 0.25) is 0 Å². The highest BCUT2D eigenvalue weighted by Crippen LogP contribution is 2.21. The van der Waals surface area contributed by atoms with Crippen LogP contribution in [0.3, 0.4) is 0 Å². The Morgan fingerprint density at radius 1 is 1.54 bits per heavy atom. The fourth-order valence-corrected chi connectivity index (χ4v) is 1.13. The Hall–Kier alpha value is -1.13. The van der Waals surface area contributed by atoms with Crippen molar-refractivity contribution in [1.82, 2.24) is 5.48 Å². The van der Waals surface area contributed by atoms with E-state index in [2.05, 4.69) is 0 Å². The largest absolute Gasteiger partial charge is 0.494 e. The normalized spacial score (nSPS) is 10.2. The molecule has 0 saturated heterocycles. The average molecular weight is 185 g/mol. The van der Waals surface area contributed by atoms with Gasteiger partial charge in [-0.1, -0.05) is 0 Å². The molecule has 2 N–H and O–H groups in total. The molecule has 4 heteroatoms. The minimum absolute atomic E-state index is 0.191. The molecule has 0 heterocycles. The number of halogens is 1. The number of aryl methyl sites for hydroxylation is 1. The highest BCUT2D eigenvalue weighted by atomic mass is 19.1. The lowest BCUT2D eigenvalue weighted by Gasteiger charge is -2.08. The first-order chi connectivity index (χ1) is 6.19. The molecule has 0 radical (unpaired) electrons. The molecule has 13 heavy (non-hydrogen) atoms. The molecule has 0 amide bonds. The van der Waals surface area contributed by atoms with Gasteiger partial charge < -0.3 is 9.94 Å². The van der Waals surface area contributed by atoms with E-state index in [9.17, 15) is 4.39 Å². The molecule has 0 spiro atoms. The first kappa shape index (κ1) is 9.95. The van der Waals surface area contributed by atoms with Crippen molar-refractivity contribution in [3.63, 3.8) is 0 Å². The van der Waals surface area contributed by atoms with Gasteiger partial charge in [0, 0.05) is 6.54 Å². The standard InChI is InChI=1S/C9H12FNO2/c1-6-3-8(10)9(13-2)4-7(6)5-11-12/h3-4,11-12H,5H2,1-2H3. The van der Waals surface area contributed by atoms with Crippen LogP contribution < -0.4 is 10.2 Å². The van der Waals surface area contributed by atoms with Gasteiger partial charge in [-0.15, -0.1) is 0 Å². The van der Waals surface area contributed by atoms with Crippen molar-refractivity contribution in [2.75, 3.05) is 7.11 Å². The van der Waals surface area contributed by atoms with E-state index < -0.39 is 0 Å². The predicted octanol–water partition coefficient (Wildman–Crippen LogP) is 1.62. The van der Waals surface area contributed by atoms with Crippen molar-refractivity contribution in [3.05, 3.63) is 29.1 Å². The van der Waals surface area contributed by atoms with Crippen LogP contribution >= 0.6 is 0 Å². The Balaban J connectivity index is 3.06. The molecule has 0 aliphatic heterocycles. The highest BCUT2D eigenvalue weighted by Gasteiger charge is 2.06. The molecule has 0 aliphatic carbocycles. The lowest BCUT2D eigenvalue weighted by atomic mass is 10.1. The van der Waals surface area contributed by atoms with Crippen LogP contribution in [0.2, 0.25) is 0 Å². The smallest absolute Gasteiger partial charge is 0.165 e. The zero-order chi connectivity index (χ0) is 9.84. The van der Waals surface area contributed by atoms with Crippen LogP contribution in [0.5, 0.6) is 5.75 Å². The molecule has 72 valence electrons. The van der Waals surface area contributed by atoms with E-state index in [0.717, 1.165) is 11.1 Å². The van der Waals surface area contributed by atoms with Gasteiger partial charge in [-0.3, -0.25) is 0 Å². The van der Waals surface area contributed by atoms with Crippen LogP contribution in [-0.2, 0) is 6.54 Å². The number of ether oxygens (including phenoxy) is 1. The Kier molecular flexibility index (Phi) is 3.22. The molecular weight excluding hydrogens is 173 g/mol. The number of hydrogen-bond donors (Lipinski definition) is 2. The minimum Gasteiger partial charge on any atom is -0.494 e. The summed E-state index contributed by atoms with van der Waals surface area (Å²) >= 11 is 0. The van der Waals surface area contributed by atoms with Gasteiger partial charge in [0.25, 0.3) is 0 Å². The third-order valence-electron chi connectivity index (χ3n) is 1.88. The molecule has 1 rings (SSSR count). The number of methoxy groups -OCH3 is 1. The Morgan fingerprint density at radius 2 is 2.23 bits per heavy atom. The molecular formula is C9H12FNO2. The van der Waals surface area contributed by atoms with Crippen molar-refractivity contribution in [1.29, 1.82) is 0 Å². The fourth-order valence-electron chi connectivity index (χ4n) is 1.13. The first-order valence-corrected chi connectivity index (χ1v) is 3.89. The van der Waals surface area contributed by atoms with Crippen LogP contribution in [0, 0.1) is 12.7 Å². The fraction of sp³-hybridized carbons (Fsp3) is 0.333. The van der Waals surface area contributed by atoms with Gasteiger partial charge in [-0.2, -0.15) is 0 Å². The average Bonchev–Trinajstić information content (AvgIpc) is 2.10. The second-order valence-corrected chi connectivity index (χ2v) is 2.75. The van der Waals surface area contributed by atoms with E-state index in [-0.39, 0.29) is 18.1 Å². The summed E-state index contributed by atoms with van der Waals surface area (Å²) in [5.74, 6) is -0.197. The van der Waals surface area contributed by atoms with Crippen molar-refractivity contribution in [2.45, 2.75) is 13.5 Å². The molecule has 1 aromatic carbocycles. The van der Waals surface area contributed by atoms with E-state index in [1.807, 2.05) is 5.48 Å². The molecule has 0 aliphatic rings. The van der Waals surface area contributed by atoms with Gasteiger partial charge in [0.15, 0.2) is 11.6 Å². The number of hydrogen-bond acceptors (Lipinski definition) is 3. The Bertz CT molecular complexity index is 302. The van der Waals surface area contributed by atoms with Crippen molar-refractivity contribution in [2.24, 2.45) is 0 Å². The zero-order valence-electron chi connectivity index (χ0n) is 7.60. The summed E-state index contributed by atoms with van der Waals surface area (Å²) in [5, 5.41) is 8.49. The SMILES string of the molecule is COc1cc(CNO)c(C)cc1F. The van der Waals surface area contributed by atoms with Gasteiger partial charge in [0.05, 0.1) is 7.11 Å². The number of nitrogens with one attached hydrogen (secondary N) is 1. The van der Waals surface area contributed by atoms with Gasteiger partial charge in [0.1, 0.15) is 0 Å². The van der Waals surface area contributed by atoms with Crippen LogP contribution in [0.1, 0.15) is 11.1 Å². The molecule has 0 saturated carbocycles. The summed E-state index contributed by atoms with van der Waals surface area (Å²) in [6, 6.07) is 2.94. The van der Waals surface area contributed by atoms with Crippen molar-refractivity contribution in [3.8, 4) is 5.75 Å². The summed E-state index contributed by atoms with van der Waals surface area (Å²) in [5.41, 5.74) is 3.60. The molecule has 0 unspecified atom stereocenters. The molecule has 0 atom stereocenters. The van der Waals surface area contributed by atoms with Crippen molar-refractivity contribution >= 4 is 0 Å². The monoisotopic (exact) mass is 185 g/mol. The Labute approximate surface area is 76.1 Å². The van der Waals surface area contributed by atoms with E-state index in [1.54, 1.807) is 13.0 Å². The number of hydroxylamine groups is 1. The van der Waals surface area contributed by atoms with Crippen LogP contribution in [0.15, 0.2) is 12.1 Å².